The number of hydrogen-bond acceptors (Lipinski definition) is 6. The highest BCUT2D eigenvalue weighted by Crippen LogP contribution is 2.21. The molecule has 0 heterocycles. The fraction of sp³-hybridized carbons (Fsp3) is 0.438. The van der Waals surface area contributed by atoms with Crippen molar-refractivity contribution in [3.05, 3.63) is 33.5 Å². The van der Waals surface area contributed by atoms with E-state index in [0.29, 0.717) is 6.42 Å². The first kappa shape index (κ1) is 18.5. The van der Waals surface area contributed by atoms with E-state index < -0.39 is 34.8 Å². The van der Waals surface area contributed by atoms with Crippen LogP contribution >= 0.6 is 0 Å². The molecule has 23 heavy (non-hydrogen) atoms. The third-order valence-corrected chi connectivity index (χ3v) is 3.27. The summed E-state index contributed by atoms with van der Waals surface area (Å²) in [5.41, 5.74) is -0.556. The summed E-state index contributed by atoms with van der Waals surface area (Å²) >= 11 is 0. The van der Waals surface area contributed by atoms with Crippen LogP contribution in [0.4, 0.5) is 0 Å². The molecule has 0 aliphatic carbocycles. The summed E-state index contributed by atoms with van der Waals surface area (Å²) in [7, 11) is 1.23. The second kappa shape index (κ2) is 7.62. The number of aromatic hydroxyl groups is 2. The van der Waals surface area contributed by atoms with Crippen molar-refractivity contribution in [3.8, 4) is 11.5 Å². The van der Waals surface area contributed by atoms with Gasteiger partial charge in [-0.15, -0.1) is 0 Å². The summed E-state index contributed by atoms with van der Waals surface area (Å²) in [4.78, 5) is 35.7. The van der Waals surface area contributed by atoms with E-state index in [2.05, 4.69) is 10.1 Å². The quantitative estimate of drug-likeness (QED) is 0.699. The van der Waals surface area contributed by atoms with Crippen molar-refractivity contribution in [2.24, 2.45) is 5.92 Å². The van der Waals surface area contributed by atoms with E-state index in [1.54, 1.807) is 0 Å². The van der Waals surface area contributed by atoms with Gasteiger partial charge in [0.25, 0.3) is 5.91 Å². The van der Waals surface area contributed by atoms with Crippen molar-refractivity contribution in [1.29, 1.82) is 0 Å². The van der Waals surface area contributed by atoms with Gasteiger partial charge in [-0.3, -0.25) is 9.59 Å². The summed E-state index contributed by atoms with van der Waals surface area (Å²) in [5, 5.41) is 21.6. The van der Waals surface area contributed by atoms with Crippen LogP contribution in [0.15, 0.2) is 16.9 Å². The van der Waals surface area contributed by atoms with Crippen LogP contribution in [0.2, 0.25) is 0 Å². The molecular weight excluding hydrogens is 302 g/mol. The Hall–Kier alpha value is -2.57. The molecule has 1 rings (SSSR count). The first-order chi connectivity index (χ1) is 10.7. The normalized spacial score (nSPS) is 11.9. The van der Waals surface area contributed by atoms with Gasteiger partial charge in [0.05, 0.1) is 7.11 Å². The minimum atomic E-state index is -0.847. The predicted octanol–water partition coefficient (Wildman–Crippen LogP) is 1.08. The van der Waals surface area contributed by atoms with E-state index in [9.17, 15) is 24.6 Å². The van der Waals surface area contributed by atoms with Crippen LogP contribution < -0.4 is 10.7 Å². The highest BCUT2D eigenvalue weighted by Gasteiger charge is 2.24. The Morgan fingerprint density at radius 1 is 1.26 bits per heavy atom. The van der Waals surface area contributed by atoms with Crippen LogP contribution in [0.5, 0.6) is 11.5 Å². The van der Waals surface area contributed by atoms with Gasteiger partial charge in [-0.1, -0.05) is 13.8 Å². The monoisotopic (exact) mass is 323 g/mol. The molecule has 0 saturated carbocycles. The van der Waals surface area contributed by atoms with Crippen LogP contribution in [0.1, 0.15) is 36.2 Å². The third-order valence-electron chi connectivity index (χ3n) is 3.27. The van der Waals surface area contributed by atoms with E-state index >= 15 is 0 Å². The lowest BCUT2D eigenvalue weighted by Crippen LogP contribution is -2.42. The van der Waals surface area contributed by atoms with Gasteiger partial charge in [0.1, 0.15) is 6.04 Å². The Bertz CT molecular complexity index is 668. The summed E-state index contributed by atoms with van der Waals surface area (Å²) in [6, 6.07) is 1.19. The standard InChI is InChI=1S/C16H21NO6/c1-8(2)5-11(16(22)23-4)17-15(21)10-7-13(19)14(20)12(18)6-9(10)3/h6-8,11H,5H2,1-4H3,(H,17,21)(H2,18,19,20)/t11-/m0/s1. The van der Waals surface area contributed by atoms with Gasteiger partial charge in [0.15, 0.2) is 5.75 Å². The second-order valence-electron chi connectivity index (χ2n) is 5.66. The van der Waals surface area contributed by atoms with Gasteiger partial charge in [0.2, 0.25) is 11.2 Å². The van der Waals surface area contributed by atoms with Crippen LogP contribution in [-0.4, -0.2) is 35.2 Å². The zero-order valence-corrected chi connectivity index (χ0v) is 13.5. The average Bonchev–Trinajstić information content (AvgIpc) is 2.57. The van der Waals surface area contributed by atoms with Crippen LogP contribution in [-0.2, 0) is 9.53 Å². The Morgan fingerprint density at radius 2 is 1.87 bits per heavy atom. The van der Waals surface area contributed by atoms with Crippen LogP contribution in [0.25, 0.3) is 0 Å². The summed E-state index contributed by atoms with van der Waals surface area (Å²) < 4.78 is 4.67. The Kier molecular flexibility index (Phi) is 6.12. The molecule has 0 saturated heterocycles. The number of esters is 1. The minimum Gasteiger partial charge on any atom is -0.504 e. The van der Waals surface area contributed by atoms with Gasteiger partial charge in [-0.05, 0) is 37.0 Å². The molecule has 3 N–H and O–H groups in total. The maximum absolute atomic E-state index is 12.4. The topological polar surface area (TPSA) is 113 Å². The Morgan fingerprint density at radius 3 is 2.39 bits per heavy atom. The molecule has 1 aromatic carbocycles. The summed E-state index contributed by atoms with van der Waals surface area (Å²) in [5.74, 6) is -2.63. The van der Waals surface area contributed by atoms with E-state index in [1.807, 2.05) is 13.8 Å². The summed E-state index contributed by atoms with van der Waals surface area (Å²) in [6.07, 6.45) is 0.375. The van der Waals surface area contributed by atoms with Gasteiger partial charge in [-0.2, -0.15) is 0 Å². The van der Waals surface area contributed by atoms with E-state index in [1.165, 1.54) is 14.0 Å². The molecule has 7 heteroatoms. The molecule has 7 nitrogen and oxygen atoms in total. The second-order valence-corrected chi connectivity index (χ2v) is 5.66. The van der Waals surface area contributed by atoms with Crippen molar-refractivity contribution in [1.82, 2.24) is 5.32 Å². The van der Waals surface area contributed by atoms with E-state index in [-0.39, 0.29) is 17.0 Å². The number of nitrogens with one attached hydrogen (secondary N) is 1. The number of amides is 1. The van der Waals surface area contributed by atoms with Crippen molar-refractivity contribution < 1.29 is 24.5 Å². The number of carbonyl (C=O) groups is 2. The number of carbonyl (C=O) groups excluding carboxylic acids is 2. The highest BCUT2D eigenvalue weighted by atomic mass is 16.5. The van der Waals surface area contributed by atoms with Gasteiger partial charge in [-0.25, -0.2) is 4.79 Å². The van der Waals surface area contributed by atoms with Crippen molar-refractivity contribution in [2.45, 2.75) is 33.2 Å². The van der Waals surface area contributed by atoms with Crippen LogP contribution in [0, 0.1) is 12.8 Å². The molecule has 0 unspecified atom stereocenters. The highest BCUT2D eigenvalue weighted by molar-refractivity contribution is 5.98. The van der Waals surface area contributed by atoms with Gasteiger partial charge < -0.3 is 20.3 Å². The fourth-order valence-corrected chi connectivity index (χ4v) is 2.10. The molecule has 1 aromatic rings. The Balaban J connectivity index is 3.19. The van der Waals surface area contributed by atoms with Gasteiger partial charge in [0, 0.05) is 5.56 Å². The zero-order chi connectivity index (χ0) is 17.7. The van der Waals surface area contributed by atoms with Gasteiger partial charge >= 0.3 is 5.97 Å². The number of hydrogen-bond donors (Lipinski definition) is 3. The Labute approximate surface area is 133 Å². The molecule has 0 radical (unpaired) electrons. The lowest BCUT2D eigenvalue weighted by atomic mass is 10.0. The number of rotatable bonds is 5. The minimum absolute atomic E-state index is 0.0161. The van der Waals surface area contributed by atoms with E-state index in [0.717, 1.165) is 12.1 Å². The van der Waals surface area contributed by atoms with Crippen molar-refractivity contribution in [3.63, 3.8) is 0 Å². The third kappa shape index (κ3) is 4.70. The SMILES string of the molecule is COC(=O)[C@H](CC(C)C)NC(=O)c1cc(O)c(O)c(=O)cc1C. The maximum Gasteiger partial charge on any atom is 0.328 e. The first-order valence-corrected chi connectivity index (χ1v) is 7.13. The largest absolute Gasteiger partial charge is 0.504 e. The zero-order valence-electron chi connectivity index (χ0n) is 13.5. The molecular formula is C16H21NO6. The van der Waals surface area contributed by atoms with Crippen LogP contribution in [0.3, 0.4) is 0 Å². The lowest BCUT2D eigenvalue weighted by molar-refractivity contribution is -0.143. The molecule has 1 atom stereocenters. The summed E-state index contributed by atoms with van der Waals surface area (Å²) in [6.45, 7) is 5.28. The smallest absolute Gasteiger partial charge is 0.328 e. The lowest BCUT2D eigenvalue weighted by Gasteiger charge is -2.18. The molecule has 0 bridgehead atoms. The molecule has 0 aliphatic heterocycles. The molecule has 126 valence electrons. The first-order valence-electron chi connectivity index (χ1n) is 7.13. The van der Waals surface area contributed by atoms with Crippen molar-refractivity contribution >= 4 is 11.9 Å². The molecule has 0 aliphatic rings. The van der Waals surface area contributed by atoms with E-state index in [4.69, 9.17) is 0 Å². The average molecular weight is 323 g/mol. The maximum atomic E-state index is 12.4. The fourth-order valence-electron chi connectivity index (χ4n) is 2.10. The van der Waals surface area contributed by atoms with Crippen molar-refractivity contribution in [2.75, 3.05) is 7.11 Å². The number of ether oxygens (including phenoxy) is 1. The molecule has 0 aromatic heterocycles. The predicted molar refractivity (Wildman–Crippen MR) is 83.5 cm³/mol. The molecule has 0 fully saturated rings. The number of aryl methyl sites for hydroxylation is 1. The number of methoxy groups -OCH3 is 1. The molecule has 1 amide bonds. The molecule has 0 spiro atoms.